The normalized spacial score (nSPS) is 12.7. The molecule has 0 aromatic carbocycles. The molecule has 84 valence electrons. The van der Waals surface area contributed by atoms with Crippen LogP contribution in [0.4, 0.5) is 5.69 Å². The van der Waals surface area contributed by atoms with Crippen molar-refractivity contribution in [2.45, 2.75) is 33.1 Å². The molecule has 0 amide bonds. The molecule has 3 N–H and O–H groups in total. The third-order valence-corrected chi connectivity index (χ3v) is 2.11. The second kappa shape index (κ2) is 4.79. The van der Waals surface area contributed by atoms with E-state index in [2.05, 4.69) is 4.98 Å². The van der Waals surface area contributed by atoms with Crippen LogP contribution in [0.3, 0.4) is 0 Å². The minimum atomic E-state index is -0.570. The van der Waals surface area contributed by atoms with Crippen molar-refractivity contribution in [3.63, 3.8) is 0 Å². The second-order valence-electron chi connectivity index (χ2n) is 3.33. The van der Waals surface area contributed by atoms with Crippen molar-refractivity contribution in [1.29, 1.82) is 0 Å². The molecule has 1 aromatic heterocycles. The smallest absolute Gasteiger partial charge is 0.330 e. The number of aromatic amines is 1. The molecular weight excluding hydrogens is 198 g/mol. The zero-order chi connectivity index (χ0) is 11.4. The van der Waals surface area contributed by atoms with Gasteiger partial charge in [-0.2, -0.15) is 0 Å². The van der Waals surface area contributed by atoms with Crippen LogP contribution in [0.25, 0.3) is 0 Å². The van der Waals surface area contributed by atoms with Crippen LogP contribution in [0.5, 0.6) is 0 Å². The minimum Gasteiger partial charge on any atom is -0.393 e. The summed E-state index contributed by atoms with van der Waals surface area (Å²) in [6, 6.07) is 0. The molecule has 0 bridgehead atoms. The zero-order valence-electron chi connectivity index (χ0n) is 8.82. The van der Waals surface area contributed by atoms with E-state index in [1.807, 2.05) is 13.8 Å². The first-order chi connectivity index (χ1) is 7.04. The monoisotopic (exact) mass is 213 g/mol. The number of hydrogen-bond acceptors (Lipinski definition) is 4. The summed E-state index contributed by atoms with van der Waals surface area (Å²) < 4.78 is 6.56. The maximum absolute atomic E-state index is 11.3. The Hall–Kier alpha value is -1.56. The Morgan fingerprint density at radius 2 is 2.27 bits per heavy atom. The fourth-order valence-corrected chi connectivity index (χ4v) is 0.948. The average Bonchev–Trinajstić information content (AvgIpc) is 2.21. The predicted octanol–water partition coefficient (Wildman–Crippen LogP) is -0.109. The van der Waals surface area contributed by atoms with Gasteiger partial charge in [-0.15, -0.1) is 0 Å². The summed E-state index contributed by atoms with van der Waals surface area (Å²) in [6.45, 7) is 3.98. The lowest BCUT2D eigenvalue weighted by molar-refractivity contribution is 0.0137. The largest absolute Gasteiger partial charge is 0.393 e. The van der Waals surface area contributed by atoms with E-state index >= 15 is 0 Å². The molecule has 0 aliphatic heterocycles. The Morgan fingerprint density at radius 1 is 1.60 bits per heavy atom. The van der Waals surface area contributed by atoms with Gasteiger partial charge in [0, 0.05) is 6.20 Å². The predicted molar refractivity (Wildman–Crippen MR) is 56.6 cm³/mol. The van der Waals surface area contributed by atoms with E-state index in [1.165, 1.54) is 10.8 Å². The summed E-state index contributed by atoms with van der Waals surface area (Å²) in [4.78, 5) is 24.3. The molecule has 6 heteroatoms. The number of H-pyrrole nitrogens is 1. The van der Waals surface area contributed by atoms with Crippen molar-refractivity contribution < 1.29 is 4.74 Å². The quantitative estimate of drug-likeness (QED) is 0.730. The molecule has 0 radical (unpaired) electrons. The van der Waals surface area contributed by atoms with E-state index < -0.39 is 11.2 Å². The van der Waals surface area contributed by atoms with Crippen LogP contribution >= 0.6 is 0 Å². The molecule has 1 rings (SSSR count). The molecule has 1 aromatic rings. The van der Waals surface area contributed by atoms with Crippen molar-refractivity contribution in [3.05, 3.63) is 27.0 Å². The van der Waals surface area contributed by atoms with Crippen LogP contribution < -0.4 is 17.0 Å². The topological polar surface area (TPSA) is 90.1 Å². The number of nitrogens with zero attached hydrogens (tertiary/aromatic N) is 1. The second-order valence-corrected chi connectivity index (χ2v) is 3.33. The third-order valence-electron chi connectivity index (χ3n) is 2.11. The summed E-state index contributed by atoms with van der Waals surface area (Å²) in [6.07, 6.45) is 2.20. The fraction of sp³-hybridized carbons (Fsp3) is 0.556. The van der Waals surface area contributed by atoms with Gasteiger partial charge in [-0.1, -0.05) is 6.92 Å². The highest BCUT2D eigenvalue weighted by Crippen LogP contribution is 1.97. The maximum atomic E-state index is 11.3. The molecular formula is C9H15N3O3. The van der Waals surface area contributed by atoms with Gasteiger partial charge in [0.25, 0.3) is 5.56 Å². The van der Waals surface area contributed by atoms with Gasteiger partial charge in [-0.25, -0.2) is 4.79 Å². The number of rotatable bonds is 4. The Morgan fingerprint density at radius 3 is 2.87 bits per heavy atom. The number of nitrogens with one attached hydrogen (secondary N) is 1. The minimum absolute atomic E-state index is 0.00218. The van der Waals surface area contributed by atoms with Crippen LogP contribution in [0.15, 0.2) is 15.8 Å². The standard InChI is InChI=1S/C9H15N3O3/c1-3-6(2)15-5-12-4-7(10)8(13)11-9(12)14/h4,6H,3,5,10H2,1-2H3,(H,11,13,14). The van der Waals surface area contributed by atoms with Gasteiger partial charge in [0.1, 0.15) is 12.4 Å². The van der Waals surface area contributed by atoms with Gasteiger partial charge in [-0.05, 0) is 13.3 Å². The lowest BCUT2D eigenvalue weighted by Crippen LogP contribution is -2.32. The van der Waals surface area contributed by atoms with Crippen LogP contribution in [0, 0.1) is 0 Å². The summed E-state index contributed by atoms with van der Waals surface area (Å²) >= 11 is 0. The number of hydrogen-bond donors (Lipinski definition) is 2. The van der Waals surface area contributed by atoms with Crippen LogP contribution in [0.2, 0.25) is 0 Å². The lowest BCUT2D eigenvalue weighted by atomic mass is 10.3. The molecule has 0 aliphatic carbocycles. The van der Waals surface area contributed by atoms with E-state index in [0.29, 0.717) is 0 Å². The molecule has 1 atom stereocenters. The molecule has 0 saturated carbocycles. The van der Waals surface area contributed by atoms with Gasteiger partial charge in [-0.3, -0.25) is 14.3 Å². The van der Waals surface area contributed by atoms with Crippen molar-refractivity contribution in [2.75, 3.05) is 5.73 Å². The van der Waals surface area contributed by atoms with E-state index in [1.54, 1.807) is 0 Å². The van der Waals surface area contributed by atoms with Gasteiger partial charge in [0.05, 0.1) is 6.10 Å². The fourth-order valence-electron chi connectivity index (χ4n) is 0.948. The molecule has 6 nitrogen and oxygen atoms in total. The van der Waals surface area contributed by atoms with Gasteiger partial charge < -0.3 is 10.5 Å². The summed E-state index contributed by atoms with van der Waals surface area (Å²) in [5.41, 5.74) is 4.29. The lowest BCUT2D eigenvalue weighted by Gasteiger charge is -2.11. The van der Waals surface area contributed by atoms with Crippen LogP contribution in [-0.4, -0.2) is 15.7 Å². The molecule has 0 fully saturated rings. The summed E-state index contributed by atoms with van der Waals surface area (Å²) in [7, 11) is 0. The third kappa shape index (κ3) is 2.95. The van der Waals surface area contributed by atoms with Crippen molar-refractivity contribution in [2.24, 2.45) is 0 Å². The number of nitrogen functional groups attached to an aromatic ring is 1. The first kappa shape index (κ1) is 11.5. The number of anilines is 1. The van der Waals surface area contributed by atoms with Crippen molar-refractivity contribution in [1.82, 2.24) is 9.55 Å². The molecule has 0 saturated heterocycles. The Bertz CT molecular complexity index is 435. The van der Waals surface area contributed by atoms with Crippen molar-refractivity contribution in [3.8, 4) is 0 Å². The van der Waals surface area contributed by atoms with Crippen LogP contribution in [-0.2, 0) is 11.5 Å². The molecule has 1 heterocycles. The highest BCUT2D eigenvalue weighted by atomic mass is 16.5. The number of ether oxygens (including phenoxy) is 1. The number of aromatic nitrogens is 2. The Kier molecular flexibility index (Phi) is 3.68. The summed E-state index contributed by atoms with van der Waals surface area (Å²) in [5, 5.41) is 0. The first-order valence-corrected chi connectivity index (χ1v) is 4.75. The maximum Gasteiger partial charge on any atom is 0.330 e. The molecule has 0 spiro atoms. The highest BCUT2D eigenvalue weighted by Gasteiger charge is 2.03. The first-order valence-electron chi connectivity index (χ1n) is 4.75. The number of nitrogens with two attached hydrogens (primary N) is 1. The van der Waals surface area contributed by atoms with Gasteiger partial charge >= 0.3 is 5.69 Å². The van der Waals surface area contributed by atoms with E-state index in [0.717, 1.165) is 6.42 Å². The van der Waals surface area contributed by atoms with Gasteiger partial charge in [0.15, 0.2) is 0 Å². The van der Waals surface area contributed by atoms with E-state index in [-0.39, 0.29) is 18.5 Å². The zero-order valence-corrected chi connectivity index (χ0v) is 8.82. The highest BCUT2D eigenvalue weighted by molar-refractivity contribution is 5.29. The van der Waals surface area contributed by atoms with Crippen LogP contribution in [0.1, 0.15) is 20.3 Å². The van der Waals surface area contributed by atoms with Gasteiger partial charge in [0.2, 0.25) is 0 Å². The molecule has 0 aliphatic rings. The Balaban J connectivity index is 2.82. The average molecular weight is 213 g/mol. The van der Waals surface area contributed by atoms with E-state index in [4.69, 9.17) is 10.5 Å². The van der Waals surface area contributed by atoms with E-state index in [9.17, 15) is 9.59 Å². The molecule has 15 heavy (non-hydrogen) atoms. The molecule has 1 unspecified atom stereocenters. The SMILES string of the molecule is CCC(C)OCn1cc(N)c(=O)[nH]c1=O. The van der Waals surface area contributed by atoms with Crippen molar-refractivity contribution >= 4 is 5.69 Å². The summed E-state index contributed by atoms with van der Waals surface area (Å²) in [5.74, 6) is 0. The Labute approximate surface area is 86.7 Å².